The number of nitrogen functional groups attached to an aromatic ring is 1. The lowest BCUT2D eigenvalue weighted by atomic mass is 9.97. The van der Waals surface area contributed by atoms with E-state index in [2.05, 4.69) is 28.9 Å². The van der Waals surface area contributed by atoms with Gasteiger partial charge in [-0.25, -0.2) is 0 Å². The zero-order valence-electron chi connectivity index (χ0n) is 10.5. The Bertz CT molecular complexity index is 381. The van der Waals surface area contributed by atoms with Crippen molar-refractivity contribution in [2.45, 2.75) is 12.1 Å². The van der Waals surface area contributed by atoms with Gasteiger partial charge in [0.15, 0.2) is 0 Å². The highest BCUT2D eigenvalue weighted by Gasteiger charge is 2.29. The molecular formula is C12H21N5. The Balaban J connectivity index is 2.18. The van der Waals surface area contributed by atoms with E-state index in [9.17, 15) is 0 Å². The largest absolute Gasteiger partial charge is 0.398 e. The van der Waals surface area contributed by atoms with Crippen molar-refractivity contribution in [3.63, 3.8) is 0 Å². The van der Waals surface area contributed by atoms with Crippen molar-refractivity contribution in [2.24, 2.45) is 5.73 Å². The third-order valence-corrected chi connectivity index (χ3v) is 3.56. The van der Waals surface area contributed by atoms with Gasteiger partial charge in [0.05, 0.1) is 6.04 Å². The monoisotopic (exact) mass is 235 g/mol. The molecule has 4 N–H and O–H groups in total. The number of rotatable bonds is 2. The van der Waals surface area contributed by atoms with Gasteiger partial charge in [-0.3, -0.25) is 9.88 Å². The number of aromatic nitrogens is 1. The first-order valence-corrected chi connectivity index (χ1v) is 5.93. The van der Waals surface area contributed by atoms with Crippen molar-refractivity contribution in [1.29, 1.82) is 0 Å². The topological polar surface area (TPSA) is 71.4 Å². The Morgan fingerprint density at radius 3 is 2.88 bits per heavy atom. The molecule has 2 rings (SSSR count). The fourth-order valence-electron chi connectivity index (χ4n) is 2.34. The summed E-state index contributed by atoms with van der Waals surface area (Å²) in [6.07, 6.45) is 3.48. The predicted molar refractivity (Wildman–Crippen MR) is 69.5 cm³/mol. The van der Waals surface area contributed by atoms with Gasteiger partial charge in [0, 0.05) is 49.3 Å². The van der Waals surface area contributed by atoms with E-state index >= 15 is 0 Å². The molecule has 0 radical (unpaired) electrons. The number of nitrogens with zero attached hydrogens (tertiary/aromatic N) is 3. The zero-order chi connectivity index (χ0) is 12.4. The quantitative estimate of drug-likeness (QED) is 0.749. The number of nitrogens with two attached hydrogens (primary N) is 2. The first-order chi connectivity index (χ1) is 8.09. The Morgan fingerprint density at radius 2 is 2.18 bits per heavy atom. The first kappa shape index (κ1) is 12.3. The predicted octanol–water partition coefficient (Wildman–Crippen LogP) is -0.0906. The van der Waals surface area contributed by atoms with Gasteiger partial charge in [-0.05, 0) is 20.2 Å². The second kappa shape index (κ2) is 5.00. The summed E-state index contributed by atoms with van der Waals surface area (Å²) in [6.45, 7) is 3.09. The summed E-state index contributed by atoms with van der Waals surface area (Å²) in [4.78, 5) is 8.72. The third-order valence-electron chi connectivity index (χ3n) is 3.56. The minimum absolute atomic E-state index is 0.0866. The van der Waals surface area contributed by atoms with E-state index < -0.39 is 0 Å². The molecule has 0 spiro atoms. The molecule has 2 atom stereocenters. The van der Waals surface area contributed by atoms with Crippen LogP contribution in [0.4, 0.5) is 5.69 Å². The van der Waals surface area contributed by atoms with E-state index in [1.165, 1.54) is 0 Å². The van der Waals surface area contributed by atoms with Crippen molar-refractivity contribution in [3.8, 4) is 0 Å². The molecule has 2 unspecified atom stereocenters. The number of hydrogen-bond acceptors (Lipinski definition) is 5. The van der Waals surface area contributed by atoms with Crippen LogP contribution in [-0.4, -0.2) is 54.6 Å². The highest BCUT2D eigenvalue weighted by Crippen LogP contribution is 2.24. The van der Waals surface area contributed by atoms with Crippen molar-refractivity contribution in [2.75, 3.05) is 39.5 Å². The fourth-order valence-corrected chi connectivity index (χ4v) is 2.34. The molecule has 0 amide bonds. The maximum absolute atomic E-state index is 6.33. The van der Waals surface area contributed by atoms with E-state index in [1.54, 1.807) is 12.4 Å². The highest BCUT2D eigenvalue weighted by atomic mass is 15.3. The van der Waals surface area contributed by atoms with Gasteiger partial charge in [-0.1, -0.05) is 0 Å². The van der Waals surface area contributed by atoms with Gasteiger partial charge in [0.1, 0.15) is 0 Å². The van der Waals surface area contributed by atoms with E-state index in [0.29, 0.717) is 6.04 Å². The lowest BCUT2D eigenvalue weighted by Gasteiger charge is -2.40. The number of piperazine rings is 1. The molecule has 0 aliphatic carbocycles. The molecule has 1 aromatic heterocycles. The summed E-state index contributed by atoms with van der Waals surface area (Å²) in [6, 6.07) is 2.01. The van der Waals surface area contributed by atoms with Crippen LogP contribution in [0.25, 0.3) is 0 Å². The fraction of sp³-hybridized carbons (Fsp3) is 0.583. The Hall–Kier alpha value is -1.17. The molecule has 5 heteroatoms. The van der Waals surface area contributed by atoms with Crippen LogP contribution in [-0.2, 0) is 0 Å². The van der Waals surface area contributed by atoms with Crippen molar-refractivity contribution in [3.05, 3.63) is 24.0 Å². The van der Waals surface area contributed by atoms with Gasteiger partial charge in [-0.2, -0.15) is 0 Å². The van der Waals surface area contributed by atoms with Crippen LogP contribution in [0, 0.1) is 0 Å². The van der Waals surface area contributed by atoms with Crippen LogP contribution >= 0.6 is 0 Å². The van der Waals surface area contributed by atoms with Crippen LogP contribution in [0.2, 0.25) is 0 Å². The molecular weight excluding hydrogens is 214 g/mol. The molecule has 5 nitrogen and oxygen atoms in total. The molecule has 1 aromatic rings. The van der Waals surface area contributed by atoms with Crippen LogP contribution in [0.5, 0.6) is 0 Å². The summed E-state index contributed by atoms with van der Waals surface area (Å²) < 4.78 is 0. The maximum Gasteiger partial charge on any atom is 0.0501 e. The van der Waals surface area contributed by atoms with E-state index in [1.807, 2.05) is 6.07 Å². The van der Waals surface area contributed by atoms with Crippen molar-refractivity contribution < 1.29 is 0 Å². The zero-order valence-corrected chi connectivity index (χ0v) is 10.5. The van der Waals surface area contributed by atoms with Crippen LogP contribution in [0.3, 0.4) is 0 Å². The lowest BCUT2D eigenvalue weighted by Crippen LogP contribution is -2.54. The average Bonchev–Trinajstić information content (AvgIpc) is 2.32. The van der Waals surface area contributed by atoms with Crippen molar-refractivity contribution >= 4 is 5.69 Å². The van der Waals surface area contributed by atoms with E-state index in [-0.39, 0.29) is 6.04 Å². The maximum atomic E-state index is 6.33. The second-order valence-corrected chi connectivity index (χ2v) is 4.84. The van der Waals surface area contributed by atoms with Gasteiger partial charge in [0.25, 0.3) is 0 Å². The first-order valence-electron chi connectivity index (χ1n) is 5.93. The number of anilines is 1. The molecule has 94 valence electrons. The molecule has 2 heterocycles. The molecule has 1 aliphatic rings. The van der Waals surface area contributed by atoms with E-state index in [0.717, 1.165) is 30.9 Å². The molecule has 1 fully saturated rings. The number of pyridine rings is 1. The SMILES string of the molecule is CN1CCN(C)C(C(N)c2cnccc2N)C1. The Morgan fingerprint density at radius 1 is 1.41 bits per heavy atom. The number of hydrogen-bond donors (Lipinski definition) is 2. The van der Waals surface area contributed by atoms with Gasteiger partial charge >= 0.3 is 0 Å². The van der Waals surface area contributed by atoms with Crippen molar-refractivity contribution in [1.82, 2.24) is 14.8 Å². The van der Waals surface area contributed by atoms with Gasteiger partial charge in [-0.15, -0.1) is 0 Å². The lowest BCUT2D eigenvalue weighted by molar-refractivity contribution is 0.0975. The molecule has 17 heavy (non-hydrogen) atoms. The standard InChI is InChI=1S/C12H21N5/c1-16-5-6-17(2)11(8-16)12(14)9-7-15-4-3-10(9)13/h3-4,7,11-12H,5-6,8,14H2,1-2H3,(H2,13,15). The molecule has 1 aliphatic heterocycles. The second-order valence-electron chi connectivity index (χ2n) is 4.84. The Labute approximate surface area is 102 Å². The smallest absolute Gasteiger partial charge is 0.0501 e. The summed E-state index contributed by atoms with van der Waals surface area (Å²) in [5.74, 6) is 0. The average molecular weight is 235 g/mol. The summed E-state index contributed by atoms with van der Waals surface area (Å²) in [5.41, 5.74) is 14.0. The molecule has 0 aromatic carbocycles. The molecule has 0 bridgehead atoms. The van der Waals surface area contributed by atoms with E-state index in [4.69, 9.17) is 11.5 Å². The number of likely N-dealkylation sites (N-methyl/N-ethyl adjacent to an activating group) is 2. The summed E-state index contributed by atoms with van der Waals surface area (Å²) in [7, 11) is 4.24. The highest BCUT2D eigenvalue weighted by molar-refractivity contribution is 5.46. The minimum atomic E-state index is -0.0866. The van der Waals surface area contributed by atoms with Crippen LogP contribution in [0.15, 0.2) is 18.5 Å². The third kappa shape index (κ3) is 2.57. The van der Waals surface area contributed by atoms with Gasteiger partial charge < -0.3 is 16.4 Å². The molecule has 0 saturated carbocycles. The normalized spacial score (nSPS) is 24.8. The summed E-state index contributed by atoms with van der Waals surface area (Å²) >= 11 is 0. The minimum Gasteiger partial charge on any atom is -0.398 e. The molecule has 1 saturated heterocycles. The van der Waals surface area contributed by atoms with Gasteiger partial charge in [0.2, 0.25) is 0 Å². The summed E-state index contributed by atoms with van der Waals surface area (Å²) in [5, 5.41) is 0. The van der Waals surface area contributed by atoms with Crippen LogP contribution < -0.4 is 11.5 Å². The Kier molecular flexibility index (Phi) is 3.61. The van der Waals surface area contributed by atoms with Crippen LogP contribution in [0.1, 0.15) is 11.6 Å².